The Morgan fingerprint density at radius 2 is 1.43 bits per heavy atom. The minimum absolute atomic E-state index is 0.0129. The lowest BCUT2D eigenvalue weighted by atomic mass is 10.2. The Kier molecular flexibility index (Phi) is 6.20. The SMILES string of the molecule is O=C(COc1ccc(Cl)cc1)N1CCN(c2c(F)c(F)c(Cl)c(F)c2F)CC1. The molecule has 0 atom stereocenters. The summed E-state index contributed by atoms with van der Waals surface area (Å²) in [5.41, 5.74) is -0.830. The van der Waals surface area contributed by atoms with E-state index in [0.29, 0.717) is 10.8 Å². The average Bonchev–Trinajstić information content (AvgIpc) is 2.71. The Morgan fingerprint density at radius 1 is 0.893 bits per heavy atom. The molecule has 10 heteroatoms. The zero-order chi connectivity index (χ0) is 20.4. The van der Waals surface area contributed by atoms with Gasteiger partial charge in [-0.2, -0.15) is 0 Å². The number of hydrogen-bond acceptors (Lipinski definition) is 3. The molecule has 1 fully saturated rings. The largest absolute Gasteiger partial charge is 0.484 e. The number of carbonyl (C=O) groups is 1. The maximum absolute atomic E-state index is 14.1. The van der Waals surface area contributed by atoms with Crippen molar-refractivity contribution >= 4 is 34.8 Å². The van der Waals surface area contributed by atoms with E-state index in [2.05, 4.69) is 0 Å². The van der Waals surface area contributed by atoms with Gasteiger partial charge in [-0.1, -0.05) is 23.2 Å². The van der Waals surface area contributed by atoms with E-state index in [0.717, 1.165) is 4.90 Å². The highest BCUT2D eigenvalue weighted by atomic mass is 35.5. The van der Waals surface area contributed by atoms with Crippen molar-refractivity contribution in [1.82, 2.24) is 4.90 Å². The van der Waals surface area contributed by atoms with Crippen molar-refractivity contribution in [2.24, 2.45) is 0 Å². The predicted octanol–water partition coefficient (Wildman–Crippen LogP) is 4.28. The molecule has 0 bridgehead atoms. The van der Waals surface area contributed by atoms with Gasteiger partial charge in [0.1, 0.15) is 16.5 Å². The fraction of sp³-hybridized carbons (Fsp3) is 0.278. The molecule has 0 unspecified atom stereocenters. The number of nitrogens with zero attached hydrogens (tertiary/aromatic N) is 2. The number of amides is 1. The highest BCUT2D eigenvalue weighted by molar-refractivity contribution is 6.31. The summed E-state index contributed by atoms with van der Waals surface area (Å²) in [6.07, 6.45) is 0. The molecule has 1 aliphatic heterocycles. The van der Waals surface area contributed by atoms with Gasteiger partial charge in [0.25, 0.3) is 5.91 Å². The van der Waals surface area contributed by atoms with Crippen molar-refractivity contribution in [1.29, 1.82) is 0 Å². The van der Waals surface area contributed by atoms with Crippen LogP contribution in [0.2, 0.25) is 10.0 Å². The van der Waals surface area contributed by atoms with Crippen LogP contribution in [0.4, 0.5) is 23.2 Å². The van der Waals surface area contributed by atoms with Gasteiger partial charge in [-0.3, -0.25) is 4.79 Å². The third kappa shape index (κ3) is 4.12. The van der Waals surface area contributed by atoms with Gasteiger partial charge in [-0.05, 0) is 24.3 Å². The van der Waals surface area contributed by atoms with Crippen LogP contribution in [0.15, 0.2) is 24.3 Å². The molecule has 0 radical (unpaired) electrons. The molecule has 1 amide bonds. The highest BCUT2D eigenvalue weighted by Crippen LogP contribution is 2.33. The van der Waals surface area contributed by atoms with Gasteiger partial charge in [-0.25, -0.2) is 17.6 Å². The smallest absolute Gasteiger partial charge is 0.260 e. The van der Waals surface area contributed by atoms with E-state index in [1.807, 2.05) is 0 Å². The topological polar surface area (TPSA) is 32.8 Å². The molecule has 4 nitrogen and oxygen atoms in total. The van der Waals surface area contributed by atoms with Crippen molar-refractivity contribution in [2.75, 3.05) is 37.7 Å². The molecule has 0 aliphatic carbocycles. The lowest BCUT2D eigenvalue weighted by Crippen LogP contribution is -2.50. The highest BCUT2D eigenvalue weighted by Gasteiger charge is 2.30. The van der Waals surface area contributed by atoms with Crippen molar-refractivity contribution in [3.63, 3.8) is 0 Å². The first kappa shape index (κ1) is 20.5. The van der Waals surface area contributed by atoms with E-state index in [-0.39, 0.29) is 38.7 Å². The van der Waals surface area contributed by atoms with E-state index < -0.39 is 34.0 Å². The Balaban J connectivity index is 1.62. The average molecular weight is 437 g/mol. The van der Waals surface area contributed by atoms with Crippen LogP contribution in [0.1, 0.15) is 0 Å². The Labute approximate surface area is 168 Å². The van der Waals surface area contributed by atoms with Gasteiger partial charge in [0.2, 0.25) is 0 Å². The number of piperazine rings is 1. The monoisotopic (exact) mass is 436 g/mol. The van der Waals surface area contributed by atoms with E-state index in [9.17, 15) is 22.4 Å². The van der Waals surface area contributed by atoms with Crippen LogP contribution in [0, 0.1) is 23.3 Å². The number of benzene rings is 2. The number of carbonyl (C=O) groups excluding carboxylic acids is 1. The minimum atomic E-state index is -1.65. The first-order valence-corrected chi connectivity index (χ1v) is 8.97. The molecule has 0 N–H and O–H groups in total. The van der Waals surface area contributed by atoms with Crippen molar-refractivity contribution in [2.45, 2.75) is 0 Å². The number of halogens is 6. The quantitative estimate of drug-likeness (QED) is 0.407. The maximum Gasteiger partial charge on any atom is 0.260 e. The van der Waals surface area contributed by atoms with Crippen LogP contribution in [-0.2, 0) is 4.79 Å². The number of rotatable bonds is 4. The molecule has 1 aliphatic rings. The molecule has 0 spiro atoms. The lowest BCUT2D eigenvalue weighted by molar-refractivity contribution is -0.133. The normalized spacial score (nSPS) is 14.4. The molecule has 2 aromatic carbocycles. The third-order valence-electron chi connectivity index (χ3n) is 4.31. The summed E-state index contributed by atoms with van der Waals surface area (Å²) in [5, 5.41) is -0.698. The zero-order valence-corrected chi connectivity index (χ0v) is 15.8. The molecule has 1 saturated heterocycles. The molecule has 0 aromatic heterocycles. The molecule has 1 heterocycles. The summed E-state index contributed by atoms with van der Waals surface area (Å²) in [6, 6.07) is 6.46. The molecule has 2 aromatic rings. The lowest BCUT2D eigenvalue weighted by Gasteiger charge is -2.36. The number of hydrogen-bond donors (Lipinski definition) is 0. The predicted molar refractivity (Wildman–Crippen MR) is 97.0 cm³/mol. The second-order valence-electron chi connectivity index (χ2n) is 6.03. The Hall–Kier alpha value is -2.19. The van der Waals surface area contributed by atoms with Gasteiger partial charge < -0.3 is 14.5 Å². The minimum Gasteiger partial charge on any atom is -0.484 e. The van der Waals surface area contributed by atoms with Crippen molar-refractivity contribution in [3.05, 3.63) is 57.6 Å². The van der Waals surface area contributed by atoms with Crippen LogP contribution >= 0.6 is 23.2 Å². The van der Waals surface area contributed by atoms with Crippen LogP contribution in [0.25, 0.3) is 0 Å². The summed E-state index contributed by atoms with van der Waals surface area (Å²) in [6.45, 7) is -0.0439. The first-order valence-electron chi connectivity index (χ1n) is 8.22. The molecule has 150 valence electrons. The summed E-state index contributed by atoms with van der Waals surface area (Å²) in [5.74, 6) is -6.28. The van der Waals surface area contributed by atoms with Gasteiger partial charge in [0.05, 0.1) is 0 Å². The molecule has 3 rings (SSSR count). The fourth-order valence-electron chi connectivity index (χ4n) is 2.82. The summed E-state index contributed by atoms with van der Waals surface area (Å²) in [7, 11) is 0. The summed E-state index contributed by atoms with van der Waals surface area (Å²) < 4.78 is 60.8. The van der Waals surface area contributed by atoms with Gasteiger partial charge in [0.15, 0.2) is 29.9 Å². The molecule has 0 saturated carbocycles. The van der Waals surface area contributed by atoms with Gasteiger partial charge in [-0.15, -0.1) is 0 Å². The summed E-state index contributed by atoms with van der Waals surface area (Å²) >= 11 is 11.0. The van der Waals surface area contributed by atoms with Crippen LogP contribution in [0.3, 0.4) is 0 Å². The van der Waals surface area contributed by atoms with Crippen LogP contribution < -0.4 is 9.64 Å². The number of anilines is 1. The van der Waals surface area contributed by atoms with E-state index in [1.165, 1.54) is 4.90 Å². The van der Waals surface area contributed by atoms with Gasteiger partial charge >= 0.3 is 0 Å². The number of ether oxygens (including phenoxy) is 1. The van der Waals surface area contributed by atoms with E-state index in [4.69, 9.17) is 27.9 Å². The van der Waals surface area contributed by atoms with Crippen molar-refractivity contribution in [3.8, 4) is 5.75 Å². The van der Waals surface area contributed by atoms with E-state index in [1.54, 1.807) is 24.3 Å². The van der Waals surface area contributed by atoms with Crippen molar-refractivity contribution < 1.29 is 27.1 Å². The second-order valence-corrected chi connectivity index (χ2v) is 6.84. The summed E-state index contributed by atoms with van der Waals surface area (Å²) in [4.78, 5) is 14.8. The van der Waals surface area contributed by atoms with Gasteiger partial charge in [0, 0.05) is 31.2 Å². The standard InChI is InChI=1S/C18H14Cl2F4N2O2/c19-10-1-3-11(4-2-10)28-9-12(27)25-5-7-26(8-6-25)18-16(23)14(21)13(20)15(22)17(18)24/h1-4H,5-9H2. The zero-order valence-electron chi connectivity index (χ0n) is 14.3. The third-order valence-corrected chi connectivity index (χ3v) is 4.89. The van der Waals surface area contributed by atoms with Crippen LogP contribution in [-0.4, -0.2) is 43.6 Å². The second kappa shape index (κ2) is 8.45. The first-order chi connectivity index (χ1) is 13.3. The van der Waals surface area contributed by atoms with Crippen LogP contribution in [0.5, 0.6) is 5.75 Å². The van der Waals surface area contributed by atoms with E-state index >= 15 is 0 Å². The Bertz CT molecular complexity index is 859. The molecular weight excluding hydrogens is 423 g/mol. The Morgan fingerprint density at radius 3 is 1.96 bits per heavy atom. The maximum atomic E-state index is 14.1. The molecular formula is C18H14Cl2F4N2O2. The fourth-order valence-corrected chi connectivity index (χ4v) is 3.11. The molecule has 28 heavy (non-hydrogen) atoms.